The van der Waals surface area contributed by atoms with Crippen LogP contribution < -0.4 is 39.6 Å². The van der Waals surface area contributed by atoms with Crippen molar-refractivity contribution < 1.29 is 66.6 Å². The second-order valence-electron chi connectivity index (χ2n) is 9.84. The molecule has 5 rings (SSSR count). The number of rotatable bonds is 8. The molecule has 7 nitrogen and oxygen atoms in total. The van der Waals surface area contributed by atoms with Gasteiger partial charge in [0.25, 0.3) is 15.9 Å². The van der Waals surface area contributed by atoms with Crippen molar-refractivity contribution in [1.82, 2.24) is 10.0 Å². The number of amidine groups is 1. The van der Waals surface area contributed by atoms with Crippen LogP contribution in [0, 0.1) is 5.82 Å². The van der Waals surface area contributed by atoms with Crippen molar-refractivity contribution in [2.45, 2.75) is 22.4 Å². The minimum absolute atomic E-state index is 0. The maximum absolute atomic E-state index is 14.9. The normalized spacial score (nSPS) is 15.0. The first-order valence-electron chi connectivity index (χ1n) is 13.4. The second-order valence-corrected chi connectivity index (χ2v) is 13.4. The van der Waals surface area contributed by atoms with Gasteiger partial charge in [-0.15, -0.1) is 11.8 Å². The molecule has 1 fully saturated rings. The van der Waals surface area contributed by atoms with Gasteiger partial charge in [-0.25, -0.2) is 22.5 Å². The van der Waals surface area contributed by atoms with Crippen LogP contribution >= 0.6 is 23.5 Å². The summed E-state index contributed by atoms with van der Waals surface area (Å²) >= 11 is 2.64. The Morgan fingerprint density at radius 2 is 1.62 bits per heavy atom. The quantitative estimate of drug-likeness (QED) is 0.123. The summed E-state index contributed by atoms with van der Waals surface area (Å²) < 4.78 is 79.9. The van der Waals surface area contributed by atoms with Crippen molar-refractivity contribution in [3.05, 3.63) is 118 Å². The summed E-state index contributed by atoms with van der Waals surface area (Å²) in [7, 11) is -4.38. The summed E-state index contributed by atoms with van der Waals surface area (Å²) in [6.45, 7) is 0. The Hall–Kier alpha value is -3.40. The van der Waals surface area contributed by atoms with Crippen LogP contribution in [-0.2, 0) is 32.2 Å². The van der Waals surface area contributed by atoms with Gasteiger partial charge in [0.1, 0.15) is 5.82 Å². The Balaban J connectivity index is 0.00000312. The molecule has 1 aliphatic heterocycles. The summed E-state index contributed by atoms with van der Waals surface area (Å²) in [6, 6.07) is 21.5. The molecule has 238 valence electrons. The standard InChI is InChI=1S/C32H23F4N3O4S3.Na.H/c1-44-25-12-6-20(7-13-25)21-4-5-22(27(33)17-21)18-28-30(41)38-31(45-28)37-24-10-2-19(3-11-24)16-29(40)39-46(42,43)26-14-8-23(9-15-26)32(34,35)36;;/h2-15,17-18H,16H2,1H3,(H,39,40)(H,37,38,41);;/q;+1;-1. The molecule has 4 aromatic carbocycles. The van der Waals surface area contributed by atoms with Crippen molar-refractivity contribution in [2.24, 2.45) is 4.99 Å². The van der Waals surface area contributed by atoms with Crippen LogP contribution in [0.1, 0.15) is 18.1 Å². The van der Waals surface area contributed by atoms with Gasteiger partial charge in [-0.05, 0) is 95.4 Å². The maximum atomic E-state index is 14.9. The fourth-order valence-electron chi connectivity index (χ4n) is 4.29. The van der Waals surface area contributed by atoms with Crippen molar-refractivity contribution in [1.29, 1.82) is 0 Å². The molecule has 0 saturated carbocycles. The first-order valence-corrected chi connectivity index (χ1v) is 16.9. The third-order valence-corrected chi connectivity index (χ3v) is 9.68. The first kappa shape index (κ1) is 36.4. The summed E-state index contributed by atoms with van der Waals surface area (Å²) in [5.41, 5.74) is 1.66. The first-order chi connectivity index (χ1) is 21.8. The van der Waals surface area contributed by atoms with Crippen LogP contribution in [0.2, 0.25) is 0 Å². The van der Waals surface area contributed by atoms with E-state index in [1.807, 2.05) is 35.2 Å². The predicted molar refractivity (Wildman–Crippen MR) is 172 cm³/mol. The fraction of sp³-hybridized carbons (Fsp3) is 0.0938. The van der Waals surface area contributed by atoms with Crippen LogP contribution in [0.3, 0.4) is 0 Å². The summed E-state index contributed by atoms with van der Waals surface area (Å²) in [5.74, 6) is -1.81. The molecule has 1 saturated heterocycles. The molecular weight excluding hydrogens is 686 g/mol. The Morgan fingerprint density at radius 1 is 0.979 bits per heavy atom. The fourth-order valence-corrected chi connectivity index (χ4v) is 6.51. The van der Waals surface area contributed by atoms with Gasteiger partial charge >= 0.3 is 35.7 Å². The number of thioether (sulfide) groups is 2. The van der Waals surface area contributed by atoms with Crippen LogP contribution in [0.15, 0.2) is 111 Å². The van der Waals surface area contributed by atoms with Gasteiger partial charge in [-0.3, -0.25) is 9.59 Å². The number of carbonyl (C=O) groups is 2. The van der Waals surface area contributed by atoms with E-state index < -0.39 is 44.3 Å². The summed E-state index contributed by atoms with van der Waals surface area (Å²) in [6.07, 6.45) is -1.54. The Morgan fingerprint density at radius 3 is 2.21 bits per heavy atom. The molecule has 0 bridgehead atoms. The number of carbonyl (C=O) groups excluding carboxylic acids is 2. The number of sulfonamides is 1. The Labute approximate surface area is 300 Å². The molecule has 2 amide bonds. The van der Waals surface area contributed by atoms with Crippen LogP contribution in [0.25, 0.3) is 17.2 Å². The third-order valence-electron chi connectivity index (χ3n) is 6.63. The molecule has 0 atom stereocenters. The van der Waals surface area contributed by atoms with E-state index in [0.29, 0.717) is 28.9 Å². The van der Waals surface area contributed by atoms with Crippen molar-refractivity contribution in [3.8, 4) is 11.1 Å². The predicted octanol–water partition coefficient (Wildman–Crippen LogP) is 4.29. The molecule has 0 radical (unpaired) electrons. The number of nitrogens with zero attached hydrogens (tertiary/aromatic N) is 1. The van der Waals surface area contributed by atoms with Gasteiger partial charge < -0.3 is 6.74 Å². The zero-order chi connectivity index (χ0) is 33.1. The number of hydrogen-bond acceptors (Lipinski definition) is 7. The molecule has 2 N–H and O–H groups in total. The minimum atomic E-state index is -4.63. The van der Waals surface area contributed by atoms with E-state index >= 15 is 0 Å². The van der Waals surface area contributed by atoms with Crippen molar-refractivity contribution in [3.63, 3.8) is 0 Å². The Kier molecular flexibility index (Phi) is 11.8. The smallest absolute Gasteiger partial charge is 1.00 e. The molecule has 0 aliphatic carbocycles. The van der Waals surface area contributed by atoms with Crippen molar-refractivity contribution >= 4 is 62.3 Å². The number of amides is 2. The van der Waals surface area contributed by atoms with Gasteiger partial charge in [0.05, 0.1) is 27.5 Å². The molecule has 15 heteroatoms. The zero-order valence-corrected chi connectivity index (χ0v) is 29.2. The third kappa shape index (κ3) is 9.36. The van der Waals surface area contributed by atoms with Gasteiger partial charge in [0, 0.05) is 10.5 Å². The molecule has 0 aromatic heterocycles. The van der Waals surface area contributed by atoms with Gasteiger partial charge in [0.2, 0.25) is 5.91 Å². The van der Waals surface area contributed by atoms with E-state index in [4.69, 9.17) is 0 Å². The van der Waals surface area contributed by atoms with Gasteiger partial charge in [0.15, 0.2) is 5.17 Å². The van der Waals surface area contributed by atoms with E-state index in [2.05, 4.69) is 10.3 Å². The van der Waals surface area contributed by atoms with E-state index in [1.165, 1.54) is 24.3 Å². The molecule has 0 unspecified atom stereocenters. The summed E-state index contributed by atoms with van der Waals surface area (Å²) in [4.78, 5) is 30.1. The minimum Gasteiger partial charge on any atom is -1.00 e. The number of aliphatic imine (C=N–C) groups is 1. The monoisotopic (exact) mass is 709 g/mol. The van der Waals surface area contributed by atoms with Crippen LogP contribution in [0.4, 0.5) is 23.2 Å². The summed E-state index contributed by atoms with van der Waals surface area (Å²) in [5, 5.41) is 2.89. The zero-order valence-electron chi connectivity index (χ0n) is 25.8. The molecule has 1 heterocycles. The van der Waals surface area contributed by atoms with Crippen LogP contribution in [0.5, 0.6) is 0 Å². The van der Waals surface area contributed by atoms with E-state index in [0.717, 1.165) is 34.4 Å². The Bertz CT molecular complexity index is 1970. The topological polar surface area (TPSA) is 105 Å². The van der Waals surface area contributed by atoms with E-state index in [9.17, 15) is 35.6 Å². The average molecular weight is 710 g/mol. The van der Waals surface area contributed by atoms with Crippen LogP contribution in [-0.4, -0.2) is 31.7 Å². The van der Waals surface area contributed by atoms with Gasteiger partial charge in [-0.1, -0.05) is 36.4 Å². The number of benzene rings is 4. The van der Waals surface area contributed by atoms with E-state index in [1.54, 1.807) is 36.0 Å². The van der Waals surface area contributed by atoms with E-state index in [-0.39, 0.29) is 53.0 Å². The largest absolute Gasteiger partial charge is 1.00 e. The number of halogens is 4. The molecule has 4 aromatic rings. The maximum Gasteiger partial charge on any atom is 1.00 e. The SMILES string of the molecule is CSc1ccc(-c2ccc(C=C3SC(=Nc4ccc(CC(=O)NS(=O)(=O)c5ccc(C(F)(F)F)cc5)cc4)NC3=O)c(F)c2)cc1.[H-].[Na+]. The number of nitrogens with one attached hydrogen (secondary N) is 2. The van der Waals surface area contributed by atoms with Crippen molar-refractivity contribution in [2.75, 3.05) is 6.26 Å². The molecule has 1 aliphatic rings. The number of hydrogen-bond donors (Lipinski definition) is 2. The molecule has 47 heavy (non-hydrogen) atoms. The molecular formula is C32H24F4N3NaO4S3. The second kappa shape index (κ2) is 15.2. The average Bonchev–Trinajstić information content (AvgIpc) is 3.36. The molecule has 0 spiro atoms. The van der Waals surface area contributed by atoms with Gasteiger partial charge in [-0.2, -0.15) is 13.2 Å². The number of alkyl halides is 3.